The Bertz CT molecular complexity index is 412. The van der Waals surface area contributed by atoms with Gasteiger partial charge in [-0.25, -0.2) is 0 Å². The van der Waals surface area contributed by atoms with Crippen molar-refractivity contribution < 1.29 is 18.3 Å². The maximum absolute atomic E-state index is 12.2. The van der Waals surface area contributed by atoms with Crippen molar-refractivity contribution in [1.82, 2.24) is 4.90 Å². The minimum atomic E-state index is -2.83. The minimum Gasteiger partial charge on any atom is -0.493 e. The van der Waals surface area contributed by atoms with Crippen molar-refractivity contribution in [3.63, 3.8) is 0 Å². The molecule has 1 aliphatic heterocycles. The first-order valence-electron chi connectivity index (χ1n) is 6.11. The van der Waals surface area contributed by atoms with Crippen molar-refractivity contribution >= 4 is 11.8 Å². The standard InChI is InChI=1S/C13H17F2NO2S/c1-17-12-8-10(2-3-11(12)18-13(14)15)9-16-4-6-19-7-5-16/h2-3,8,13H,4-7,9H2,1H3. The van der Waals surface area contributed by atoms with Gasteiger partial charge in [-0.1, -0.05) is 6.07 Å². The van der Waals surface area contributed by atoms with E-state index in [4.69, 9.17) is 4.74 Å². The number of halogens is 2. The van der Waals surface area contributed by atoms with Gasteiger partial charge in [0, 0.05) is 31.1 Å². The molecule has 0 saturated carbocycles. The van der Waals surface area contributed by atoms with Gasteiger partial charge in [0.15, 0.2) is 11.5 Å². The summed E-state index contributed by atoms with van der Waals surface area (Å²) in [5.41, 5.74) is 1.05. The molecule has 19 heavy (non-hydrogen) atoms. The lowest BCUT2D eigenvalue weighted by Gasteiger charge is -2.26. The molecule has 0 atom stereocenters. The summed E-state index contributed by atoms with van der Waals surface area (Å²) in [6, 6.07) is 5.11. The minimum absolute atomic E-state index is 0.0791. The second kappa shape index (κ2) is 6.96. The van der Waals surface area contributed by atoms with Crippen LogP contribution in [0.5, 0.6) is 11.5 Å². The van der Waals surface area contributed by atoms with Gasteiger partial charge in [0.25, 0.3) is 0 Å². The van der Waals surface area contributed by atoms with Gasteiger partial charge in [-0.05, 0) is 17.7 Å². The van der Waals surface area contributed by atoms with Gasteiger partial charge in [-0.3, -0.25) is 4.90 Å². The van der Waals surface area contributed by atoms with Crippen LogP contribution >= 0.6 is 11.8 Å². The lowest BCUT2D eigenvalue weighted by Crippen LogP contribution is -2.31. The van der Waals surface area contributed by atoms with Crippen LogP contribution in [-0.2, 0) is 6.54 Å². The number of alkyl halides is 2. The molecule has 0 unspecified atom stereocenters. The lowest BCUT2D eigenvalue weighted by atomic mass is 10.2. The number of ether oxygens (including phenoxy) is 2. The Kier molecular flexibility index (Phi) is 5.27. The van der Waals surface area contributed by atoms with Gasteiger partial charge in [-0.15, -0.1) is 0 Å². The molecular weight excluding hydrogens is 272 g/mol. The van der Waals surface area contributed by atoms with E-state index < -0.39 is 6.61 Å². The van der Waals surface area contributed by atoms with Crippen LogP contribution in [0.2, 0.25) is 0 Å². The van der Waals surface area contributed by atoms with E-state index >= 15 is 0 Å². The van der Waals surface area contributed by atoms with Gasteiger partial charge in [0.1, 0.15) is 0 Å². The zero-order valence-electron chi connectivity index (χ0n) is 10.8. The van der Waals surface area contributed by atoms with Gasteiger partial charge in [0.2, 0.25) is 0 Å². The zero-order valence-corrected chi connectivity index (χ0v) is 11.6. The summed E-state index contributed by atoms with van der Waals surface area (Å²) in [5, 5.41) is 0. The van der Waals surface area contributed by atoms with Crippen LogP contribution in [0.3, 0.4) is 0 Å². The fourth-order valence-electron chi connectivity index (χ4n) is 2.02. The molecule has 1 heterocycles. The smallest absolute Gasteiger partial charge is 0.387 e. The average molecular weight is 289 g/mol. The molecule has 0 spiro atoms. The van der Waals surface area contributed by atoms with Gasteiger partial charge in [0.05, 0.1) is 7.11 Å². The molecule has 1 aliphatic rings. The summed E-state index contributed by atoms with van der Waals surface area (Å²) >= 11 is 1.96. The molecule has 6 heteroatoms. The number of benzene rings is 1. The Morgan fingerprint density at radius 1 is 1.26 bits per heavy atom. The summed E-state index contributed by atoms with van der Waals surface area (Å²) in [6.07, 6.45) is 0. The third-order valence-electron chi connectivity index (χ3n) is 2.95. The highest BCUT2D eigenvalue weighted by atomic mass is 32.2. The number of hydrogen-bond acceptors (Lipinski definition) is 4. The molecule has 0 bridgehead atoms. The zero-order chi connectivity index (χ0) is 13.7. The van der Waals surface area contributed by atoms with E-state index in [0.29, 0.717) is 5.75 Å². The molecule has 2 rings (SSSR count). The summed E-state index contributed by atoms with van der Waals surface area (Å²) in [6.45, 7) is 0.0926. The number of rotatable bonds is 5. The Balaban J connectivity index is 2.05. The first-order valence-corrected chi connectivity index (χ1v) is 7.26. The van der Waals surface area contributed by atoms with Crippen molar-refractivity contribution in [2.24, 2.45) is 0 Å². The molecule has 3 nitrogen and oxygen atoms in total. The molecule has 0 amide bonds. The van der Waals surface area contributed by atoms with E-state index in [1.807, 2.05) is 17.8 Å². The highest BCUT2D eigenvalue weighted by Crippen LogP contribution is 2.30. The Labute approximate surface area is 115 Å². The van der Waals surface area contributed by atoms with Crippen molar-refractivity contribution in [2.75, 3.05) is 31.7 Å². The van der Waals surface area contributed by atoms with E-state index in [1.165, 1.54) is 7.11 Å². The largest absolute Gasteiger partial charge is 0.493 e. The van der Waals surface area contributed by atoms with Gasteiger partial charge < -0.3 is 9.47 Å². The van der Waals surface area contributed by atoms with Crippen molar-refractivity contribution in [1.29, 1.82) is 0 Å². The van der Waals surface area contributed by atoms with Crippen LogP contribution in [0.1, 0.15) is 5.56 Å². The van der Waals surface area contributed by atoms with Crippen molar-refractivity contribution in [2.45, 2.75) is 13.2 Å². The second-order valence-electron chi connectivity index (χ2n) is 4.25. The molecule has 106 valence electrons. The second-order valence-corrected chi connectivity index (χ2v) is 5.48. The van der Waals surface area contributed by atoms with E-state index in [1.54, 1.807) is 12.1 Å². The van der Waals surface area contributed by atoms with E-state index in [2.05, 4.69) is 9.64 Å². The SMILES string of the molecule is COc1cc(CN2CCSCC2)ccc1OC(F)F. The summed E-state index contributed by atoms with van der Waals surface area (Å²) in [5.74, 6) is 2.72. The van der Waals surface area contributed by atoms with Crippen LogP contribution in [0.25, 0.3) is 0 Å². The molecular formula is C13H17F2NO2S. The Morgan fingerprint density at radius 2 is 2.00 bits per heavy atom. The Morgan fingerprint density at radius 3 is 2.63 bits per heavy atom. The normalized spacial score (nSPS) is 16.6. The van der Waals surface area contributed by atoms with E-state index in [0.717, 1.165) is 36.7 Å². The Hall–Kier alpha value is -1.01. The first kappa shape index (κ1) is 14.4. The molecule has 1 fully saturated rings. The molecule has 1 aromatic carbocycles. The number of methoxy groups -OCH3 is 1. The predicted octanol–water partition coefficient (Wildman–Crippen LogP) is 2.85. The molecule has 1 aromatic rings. The molecule has 1 saturated heterocycles. The third-order valence-corrected chi connectivity index (χ3v) is 3.90. The third kappa shape index (κ3) is 4.24. The van der Waals surface area contributed by atoms with Crippen LogP contribution in [0, 0.1) is 0 Å². The summed E-state index contributed by atoms with van der Waals surface area (Å²) in [4.78, 5) is 2.35. The average Bonchev–Trinajstić information content (AvgIpc) is 2.41. The lowest BCUT2D eigenvalue weighted by molar-refractivity contribution is -0.0512. The van der Waals surface area contributed by atoms with Gasteiger partial charge >= 0.3 is 6.61 Å². The summed E-state index contributed by atoms with van der Waals surface area (Å²) in [7, 11) is 1.45. The fourth-order valence-corrected chi connectivity index (χ4v) is 3.00. The highest BCUT2D eigenvalue weighted by molar-refractivity contribution is 7.99. The number of nitrogens with zero attached hydrogens (tertiary/aromatic N) is 1. The number of thioether (sulfide) groups is 1. The molecule has 0 radical (unpaired) electrons. The quantitative estimate of drug-likeness (QED) is 0.831. The first-order chi connectivity index (χ1) is 9.19. The van der Waals surface area contributed by atoms with Crippen LogP contribution in [0.4, 0.5) is 8.78 Å². The van der Waals surface area contributed by atoms with E-state index in [-0.39, 0.29) is 5.75 Å². The summed E-state index contributed by atoms with van der Waals surface area (Å²) < 4.78 is 33.9. The molecule has 0 N–H and O–H groups in total. The maximum Gasteiger partial charge on any atom is 0.387 e. The number of hydrogen-bond donors (Lipinski definition) is 0. The van der Waals surface area contributed by atoms with Crippen LogP contribution in [0.15, 0.2) is 18.2 Å². The molecule has 0 aromatic heterocycles. The van der Waals surface area contributed by atoms with Crippen molar-refractivity contribution in [3.05, 3.63) is 23.8 Å². The van der Waals surface area contributed by atoms with Crippen molar-refractivity contribution in [3.8, 4) is 11.5 Å². The monoisotopic (exact) mass is 289 g/mol. The highest BCUT2D eigenvalue weighted by Gasteiger charge is 2.14. The van der Waals surface area contributed by atoms with Gasteiger partial charge in [-0.2, -0.15) is 20.5 Å². The fraction of sp³-hybridized carbons (Fsp3) is 0.538. The topological polar surface area (TPSA) is 21.7 Å². The predicted molar refractivity (Wildman–Crippen MR) is 72.2 cm³/mol. The van der Waals surface area contributed by atoms with Crippen LogP contribution < -0.4 is 9.47 Å². The van der Waals surface area contributed by atoms with Crippen LogP contribution in [-0.4, -0.2) is 43.2 Å². The molecule has 0 aliphatic carbocycles. The van der Waals surface area contributed by atoms with E-state index in [9.17, 15) is 8.78 Å². The maximum atomic E-state index is 12.2.